The molecule has 140 valence electrons. The maximum atomic E-state index is 11.7. The van der Waals surface area contributed by atoms with Crippen molar-refractivity contribution in [1.29, 1.82) is 5.26 Å². The summed E-state index contributed by atoms with van der Waals surface area (Å²) in [5.41, 5.74) is 1.40. The van der Waals surface area contributed by atoms with E-state index in [1.165, 1.54) is 12.1 Å². The summed E-state index contributed by atoms with van der Waals surface area (Å²) < 4.78 is 11.4. The lowest BCUT2D eigenvalue weighted by Gasteiger charge is -2.18. The average molecular weight is 395 g/mol. The topological polar surface area (TPSA) is 92.4 Å². The molecule has 0 unspecified atom stereocenters. The van der Waals surface area contributed by atoms with Crippen molar-refractivity contribution in [1.82, 2.24) is 4.98 Å². The number of benzene rings is 2. The highest BCUT2D eigenvalue weighted by atomic mass is 35.5. The summed E-state index contributed by atoms with van der Waals surface area (Å²) in [4.78, 5) is 15.7. The van der Waals surface area contributed by atoms with Gasteiger partial charge in [0.15, 0.2) is 0 Å². The van der Waals surface area contributed by atoms with Crippen LogP contribution in [0.25, 0.3) is 0 Å². The van der Waals surface area contributed by atoms with E-state index in [2.05, 4.69) is 4.98 Å². The van der Waals surface area contributed by atoms with E-state index in [0.717, 1.165) is 5.56 Å². The van der Waals surface area contributed by atoms with E-state index < -0.39 is 12.1 Å². The van der Waals surface area contributed by atoms with Gasteiger partial charge >= 0.3 is 5.97 Å². The van der Waals surface area contributed by atoms with Gasteiger partial charge in [-0.3, -0.25) is 4.98 Å². The van der Waals surface area contributed by atoms with E-state index in [1.807, 2.05) is 18.2 Å². The Kier molecular flexibility index (Phi) is 6.10. The first-order valence-electron chi connectivity index (χ1n) is 8.28. The minimum absolute atomic E-state index is 0.0991. The van der Waals surface area contributed by atoms with E-state index >= 15 is 0 Å². The number of halogens is 1. The van der Waals surface area contributed by atoms with Crippen molar-refractivity contribution in [3.05, 3.63) is 88.7 Å². The smallest absolute Gasteiger partial charge is 0.349 e. The average Bonchev–Trinajstić information content (AvgIpc) is 2.72. The second kappa shape index (κ2) is 8.89. The van der Waals surface area contributed by atoms with Gasteiger partial charge in [-0.25, -0.2) is 4.79 Å². The van der Waals surface area contributed by atoms with Gasteiger partial charge in [-0.15, -0.1) is 0 Å². The summed E-state index contributed by atoms with van der Waals surface area (Å²) in [5, 5.41) is 19.2. The predicted octanol–water partition coefficient (Wildman–Crippen LogP) is 4.39. The van der Waals surface area contributed by atoms with E-state index in [9.17, 15) is 15.2 Å². The van der Waals surface area contributed by atoms with Gasteiger partial charge in [0, 0.05) is 29.0 Å². The Labute approximate surface area is 166 Å². The molecule has 28 heavy (non-hydrogen) atoms. The van der Waals surface area contributed by atoms with Crippen molar-refractivity contribution in [2.75, 3.05) is 0 Å². The number of hydrogen-bond donors (Lipinski definition) is 1. The van der Waals surface area contributed by atoms with Gasteiger partial charge in [0.2, 0.25) is 6.10 Å². The Bertz CT molecular complexity index is 1020. The van der Waals surface area contributed by atoms with Crippen LogP contribution in [-0.2, 0) is 11.4 Å². The Morgan fingerprint density at radius 3 is 2.61 bits per heavy atom. The van der Waals surface area contributed by atoms with E-state index in [4.69, 9.17) is 21.1 Å². The first-order valence-corrected chi connectivity index (χ1v) is 8.66. The standard InChI is InChI=1S/C21H15ClN2O4/c22-18-4-2-1-3-17(18)20(21(25)26)28-19-11-16(6-5-15(19)12-23)27-13-14-7-9-24-10-8-14/h1-11,20H,13H2,(H,25,26)/t20-/m0/s1. The molecule has 3 aromatic rings. The van der Waals surface area contributed by atoms with E-state index in [1.54, 1.807) is 42.7 Å². The lowest BCUT2D eigenvalue weighted by atomic mass is 10.1. The maximum Gasteiger partial charge on any atom is 0.349 e. The van der Waals surface area contributed by atoms with Gasteiger partial charge in [0.25, 0.3) is 0 Å². The molecule has 1 N–H and O–H groups in total. The molecule has 1 atom stereocenters. The number of carbonyl (C=O) groups is 1. The molecule has 0 aliphatic heterocycles. The number of ether oxygens (including phenoxy) is 2. The molecule has 0 aliphatic rings. The van der Waals surface area contributed by atoms with Crippen molar-refractivity contribution in [2.45, 2.75) is 12.7 Å². The molecule has 0 bridgehead atoms. The van der Waals surface area contributed by atoms with Crippen LogP contribution >= 0.6 is 11.6 Å². The number of carboxylic acid groups (broad SMARTS) is 1. The van der Waals surface area contributed by atoms with Crippen molar-refractivity contribution in [2.24, 2.45) is 0 Å². The second-order valence-corrected chi connectivity index (χ2v) is 6.18. The summed E-state index contributed by atoms with van der Waals surface area (Å²) in [5.74, 6) is -0.684. The molecule has 1 heterocycles. The van der Waals surface area contributed by atoms with Gasteiger partial charge < -0.3 is 14.6 Å². The third-order valence-electron chi connectivity index (χ3n) is 3.89. The van der Waals surface area contributed by atoms with Crippen molar-refractivity contribution in [3.8, 4) is 17.6 Å². The lowest BCUT2D eigenvalue weighted by molar-refractivity contribution is -0.145. The Hall–Kier alpha value is -3.56. The largest absolute Gasteiger partial charge is 0.489 e. The predicted molar refractivity (Wildman–Crippen MR) is 102 cm³/mol. The van der Waals surface area contributed by atoms with Crippen LogP contribution in [0.3, 0.4) is 0 Å². The van der Waals surface area contributed by atoms with E-state index in [-0.39, 0.29) is 16.3 Å². The minimum Gasteiger partial charge on any atom is -0.489 e. The molecular formula is C21H15ClN2O4. The number of pyridine rings is 1. The molecule has 0 saturated carbocycles. The number of aromatic nitrogens is 1. The van der Waals surface area contributed by atoms with Crippen molar-refractivity contribution in [3.63, 3.8) is 0 Å². The van der Waals surface area contributed by atoms with Gasteiger partial charge in [-0.05, 0) is 35.9 Å². The SMILES string of the molecule is N#Cc1ccc(OCc2ccncc2)cc1O[C@H](C(=O)O)c1ccccc1Cl. The number of rotatable bonds is 7. The monoisotopic (exact) mass is 394 g/mol. The highest BCUT2D eigenvalue weighted by molar-refractivity contribution is 6.31. The Balaban J connectivity index is 1.86. The number of nitriles is 1. The highest BCUT2D eigenvalue weighted by Gasteiger charge is 2.25. The molecule has 0 saturated heterocycles. The molecule has 0 aliphatic carbocycles. The number of nitrogens with zero attached hydrogens (tertiary/aromatic N) is 2. The number of hydrogen-bond acceptors (Lipinski definition) is 5. The highest BCUT2D eigenvalue weighted by Crippen LogP contribution is 2.32. The minimum atomic E-state index is -1.36. The molecule has 0 amide bonds. The molecule has 3 rings (SSSR count). The first-order chi connectivity index (χ1) is 13.6. The quantitative estimate of drug-likeness (QED) is 0.638. The maximum absolute atomic E-state index is 11.7. The van der Waals surface area contributed by atoms with Crippen molar-refractivity contribution < 1.29 is 19.4 Å². The van der Waals surface area contributed by atoms with Crippen LogP contribution in [0.1, 0.15) is 22.8 Å². The molecule has 7 heteroatoms. The lowest BCUT2D eigenvalue weighted by Crippen LogP contribution is -2.19. The van der Waals surface area contributed by atoms with Gasteiger partial charge in [-0.2, -0.15) is 5.26 Å². The fourth-order valence-corrected chi connectivity index (χ4v) is 2.72. The van der Waals surface area contributed by atoms with Crippen LogP contribution in [0, 0.1) is 11.3 Å². The van der Waals surface area contributed by atoms with E-state index in [0.29, 0.717) is 17.9 Å². The van der Waals surface area contributed by atoms with Crippen LogP contribution < -0.4 is 9.47 Å². The fourth-order valence-electron chi connectivity index (χ4n) is 2.49. The molecular weight excluding hydrogens is 380 g/mol. The van der Waals surface area contributed by atoms with Crippen molar-refractivity contribution >= 4 is 17.6 Å². The van der Waals surface area contributed by atoms with Gasteiger partial charge in [0.1, 0.15) is 24.2 Å². The Morgan fingerprint density at radius 2 is 1.93 bits per heavy atom. The number of aliphatic carboxylic acids is 1. The fraction of sp³-hybridized carbons (Fsp3) is 0.0952. The van der Waals surface area contributed by atoms with Gasteiger partial charge in [0.05, 0.1) is 5.56 Å². The summed E-state index contributed by atoms with van der Waals surface area (Å²) >= 11 is 6.11. The second-order valence-electron chi connectivity index (χ2n) is 5.77. The zero-order chi connectivity index (χ0) is 19.9. The van der Waals surface area contributed by atoms with Crippen LogP contribution in [0.15, 0.2) is 67.0 Å². The van der Waals surface area contributed by atoms with Crippen LogP contribution in [0.5, 0.6) is 11.5 Å². The molecule has 0 radical (unpaired) electrons. The summed E-state index contributed by atoms with van der Waals surface area (Å²) in [6, 6.07) is 16.8. The summed E-state index contributed by atoms with van der Waals surface area (Å²) in [6.45, 7) is 0.292. The first kappa shape index (κ1) is 19.2. The molecule has 0 spiro atoms. The summed E-state index contributed by atoms with van der Waals surface area (Å²) in [6.07, 6.45) is 1.96. The summed E-state index contributed by atoms with van der Waals surface area (Å²) in [7, 11) is 0. The molecule has 1 aromatic heterocycles. The van der Waals surface area contributed by atoms with Gasteiger partial charge in [-0.1, -0.05) is 29.8 Å². The molecule has 6 nitrogen and oxygen atoms in total. The zero-order valence-corrected chi connectivity index (χ0v) is 15.3. The van der Waals surface area contributed by atoms with Crippen LogP contribution in [0.2, 0.25) is 5.02 Å². The zero-order valence-electron chi connectivity index (χ0n) is 14.6. The Morgan fingerprint density at radius 1 is 1.18 bits per heavy atom. The molecule has 2 aromatic carbocycles. The number of carboxylic acids is 1. The molecule has 0 fully saturated rings. The third kappa shape index (κ3) is 4.58. The van der Waals surface area contributed by atoms with Crippen LogP contribution in [-0.4, -0.2) is 16.1 Å². The van der Waals surface area contributed by atoms with Crippen LogP contribution in [0.4, 0.5) is 0 Å². The normalized spacial score (nSPS) is 11.3. The third-order valence-corrected chi connectivity index (χ3v) is 4.23.